The molecule has 1 aromatic carbocycles. The zero-order valence-corrected chi connectivity index (χ0v) is 21.4. The first-order valence-corrected chi connectivity index (χ1v) is 12.3. The van der Waals surface area contributed by atoms with Gasteiger partial charge in [0.25, 0.3) is 0 Å². The molecule has 2 aliphatic rings. The number of rotatable bonds is 8. The van der Waals surface area contributed by atoms with Gasteiger partial charge in [-0.1, -0.05) is 44.2 Å². The van der Waals surface area contributed by atoms with Gasteiger partial charge in [0.2, 0.25) is 11.8 Å². The Morgan fingerprint density at radius 2 is 1.70 bits per heavy atom. The number of carbonyl (C=O) groups is 2. The van der Waals surface area contributed by atoms with Crippen LogP contribution in [0.5, 0.6) is 0 Å². The molecule has 0 unspecified atom stereocenters. The molecule has 1 aromatic rings. The van der Waals surface area contributed by atoms with E-state index in [1.807, 2.05) is 18.7 Å². The molecule has 33 heavy (non-hydrogen) atoms. The van der Waals surface area contributed by atoms with Gasteiger partial charge in [-0.25, -0.2) is 0 Å². The van der Waals surface area contributed by atoms with Crippen LogP contribution in [0.25, 0.3) is 0 Å². The number of nitrogens with one attached hydrogen (secondary N) is 1. The summed E-state index contributed by atoms with van der Waals surface area (Å²) >= 11 is 0. The molecule has 1 heterocycles. The third kappa shape index (κ3) is 5.78. The molecule has 0 aromatic heterocycles. The molecule has 1 spiro atoms. The highest BCUT2D eigenvalue weighted by molar-refractivity contribution is 5.82. The second-order valence-electron chi connectivity index (χ2n) is 11.9. The third-order valence-electron chi connectivity index (χ3n) is 8.01. The van der Waals surface area contributed by atoms with Crippen molar-refractivity contribution in [3.05, 3.63) is 35.9 Å². The van der Waals surface area contributed by atoms with E-state index in [0.29, 0.717) is 19.4 Å². The monoisotopic (exact) mass is 457 g/mol. The van der Waals surface area contributed by atoms with Crippen molar-refractivity contribution in [1.29, 1.82) is 0 Å². The summed E-state index contributed by atoms with van der Waals surface area (Å²) in [5.74, 6) is 0.141. The van der Waals surface area contributed by atoms with Gasteiger partial charge in [0, 0.05) is 37.0 Å². The van der Waals surface area contributed by atoms with Crippen LogP contribution in [0.1, 0.15) is 71.8 Å². The van der Waals surface area contributed by atoms with Crippen molar-refractivity contribution >= 4 is 11.8 Å². The van der Waals surface area contributed by atoms with E-state index in [0.717, 1.165) is 32.2 Å². The summed E-state index contributed by atoms with van der Waals surface area (Å²) in [5, 5.41) is 12.7. The van der Waals surface area contributed by atoms with Crippen LogP contribution in [0.4, 0.5) is 0 Å². The fourth-order valence-corrected chi connectivity index (χ4v) is 5.52. The molecule has 2 N–H and O–H groups in total. The van der Waals surface area contributed by atoms with E-state index in [4.69, 9.17) is 0 Å². The average molecular weight is 458 g/mol. The molecule has 0 radical (unpaired) electrons. The first-order valence-electron chi connectivity index (χ1n) is 12.3. The lowest BCUT2D eigenvalue weighted by atomic mass is 9.64. The van der Waals surface area contributed by atoms with Crippen LogP contribution < -0.4 is 5.32 Å². The van der Waals surface area contributed by atoms with Gasteiger partial charge >= 0.3 is 0 Å². The number of benzene rings is 1. The number of likely N-dealkylation sites (tertiary alicyclic amines) is 1. The number of amides is 2. The van der Waals surface area contributed by atoms with Crippen molar-refractivity contribution in [2.45, 2.75) is 77.4 Å². The van der Waals surface area contributed by atoms with Crippen molar-refractivity contribution < 1.29 is 14.7 Å². The van der Waals surface area contributed by atoms with Gasteiger partial charge in [-0.05, 0) is 71.0 Å². The summed E-state index contributed by atoms with van der Waals surface area (Å²) in [6.45, 7) is 8.79. The molecule has 2 amide bonds. The number of hydrogen-bond acceptors (Lipinski definition) is 4. The highest BCUT2D eigenvalue weighted by Crippen LogP contribution is 2.52. The quantitative estimate of drug-likeness (QED) is 0.626. The smallest absolute Gasteiger partial charge is 0.225 e. The fraction of sp³-hybridized carbons (Fsp3) is 0.704. The van der Waals surface area contributed by atoms with Crippen molar-refractivity contribution in [3.63, 3.8) is 0 Å². The van der Waals surface area contributed by atoms with E-state index in [1.165, 1.54) is 5.56 Å². The molecule has 2 fully saturated rings. The fourth-order valence-electron chi connectivity index (χ4n) is 5.52. The highest BCUT2D eigenvalue weighted by atomic mass is 16.3. The van der Waals surface area contributed by atoms with Gasteiger partial charge in [0.05, 0.1) is 5.60 Å². The Labute approximate surface area is 199 Å². The Bertz CT molecular complexity index is 834. The summed E-state index contributed by atoms with van der Waals surface area (Å²) in [6.07, 6.45) is 5.41. The Morgan fingerprint density at radius 1 is 1.09 bits per heavy atom. The van der Waals surface area contributed by atoms with Crippen LogP contribution in [-0.4, -0.2) is 66.1 Å². The summed E-state index contributed by atoms with van der Waals surface area (Å²) in [6, 6.07) is 10.8. The standard InChI is InChI=1S/C27H43N3O3/c1-24(2,23(32)28-19-25(3,4)33)16-17-30-20-26(18-22(30)31)12-14-27(15-13-26,29(5)6)21-10-8-7-9-11-21/h7-11,33H,12-20H2,1-6H3,(H,28,32)/t26-,27-. The minimum atomic E-state index is -0.939. The number of carbonyl (C=O) groups excluding carboxylic acids is 2. The Kier molecular flexibility index (Phi) is 7.30. The summed E-state index contributed by atoms with van der Waals surface area (Å²) in [4.78, 5) is 29.9. The predicted octanol–water partition coefficient (Wildman–Crippen LogP) is 3.54. The van der Waals surface area contributed by atoms with Crippen LogP contribution in [0.2, 0.25) is 0 Å². The maximum absolute atomic E-state index is 12.9. The van der Waals surface area contributed by atoms with E-state index >= 15 is 0 Å². The lowest BCUT2D eigenvalue weighted by Gasteiger charge is -2.49. The Morgan fingerprint density at radius 3 is 2.24 bits per heavy atom. The van der Waals surface area contributed by atoms with Gasteiger partial charge in [0.15, 0.2) is 0 Å². The maximum Gasteiger partial charge on any atom is 0.225 e. The van der Waals surface area contributed by atoms with E-state index in [9.17, 15) is 14.7 Å². The second kappa shape index (κ2) is 9.38. The molecular weight excluding hydrogens is 414 g/mol. The molecule has 6 heteroatoms. The van der Waals surface area contributed by atoms with Crippen molar-refractivity contribution in [3.8, 4) is 0 Å². The van der Waals surface area contributed by atoms with Gasteiger partial charge in [-0.3, -0.25) is 14.5 Å². The molecule has 0 atom stereocenters. The summed E-state index contributed by atoms with van der Waals surface area (Å²) in [5.41, 5.74) is -0.0838. The van der Waals surface area contributed by atoms with Crippen LogP contribution in [0.3, 0.4) is 0 Å². The normalized spacial score (nSPS) is 26.3. The van der Waals surface area contributed by atoms with Crippen LogP contribution in [-0.2, 0) is 15.1 Å². The van der Waals surface area contributed by atoms with E-state index in [2.05, 4.69) is 54.6 Å². The van der Waals surface area contributed by atoms with Crippen molar-refractivity contribution in [2.75, 3.05) is 33.7 Å². The molecule has 6 nitrogen and oxygen atoms in total. The van der Waals surface area contributed by atoms with Crippen molar-refractivity contribution in [1.82, 2.24) is 15.1 Å². The zero-order valence-electron chi connectivity index (χ0n) is 21.4. The first kappa shape index (κ1) is 25.7. The van der Waals surface area contributed by atoms with E-state index in [1.54, 1.807) is 13.8 Å². The number of hydrogen-bond donors (Lipinski definition) is 2. The number of nitrogens with zero attached hydrogens (tertiary/aromatic N) is 2. The second-order valence-corrected chi connectivity index (χ2v) is 11.9. The first-order chi connectivity index (χ1) is 15.3. The predicted molar refractivity (Wildman–Crippen MR) is 132 cm³/mol. The maximum atomic E-state index is 12.9. The topological polar surface area (TPSA) is 72.9 Å². The highest BCUT2D eigenvalue weighted by Gasteiger charge is 2.50. The van der Waals surface area contributed by atoms with Crippen molar-refractivity contribution in [2.24, 2.45) is 10.8 Å². The van der Waals surface area contributed by atoms with Crippen LogP contribution in [0.15, 0.2) is 30.3 Å². The Hall–Kier alpha value is -1.92. The van der Waals surface area contributed by atoms with Gasteiger partial charge in [-0.15, -0.1) is 0 Å². The number of aliphatic hydroxyl groups is 1. The third-order valence-corrected chi connectivity index (χ3v) is 8.01. The van der Waals surface area contributed by atoms with E-state index < -0.39 is 11.0 Å². The summed E-state index contributed by atoms with van der Waals surface area (Å²) < 4.78 is 0. The lowest BCUT2D eigenvalue weighted by Crippen LogP contribution is -2.47. The lowest BCUT2D eigenvalue weighted by molar-refractivity contribution is -0.133. The molecule has 1 saturated heterocycles. The molecule has 0 bridgehead atoms. The molecule has 184 valence electrons. The van der Waals surface area contributed by atoms with E-state index in [-0.39, 0.29) is 29.3 Å². The minimum Gasteiger partial charge on any atom is -0.389 e. The van der Waals surface area contributed by atoms with Gasteiger partial charge in [0.1, 0.15) is 0 Å². The SMILES string of the molecule is CN(C)[C@]1(c2ccccc2)CC[C@@]2(CC1)CC(=O)N(CCC(C)(C)C(=O)NCC(C)(C)O)C2. The molecule has 1 aliphatic heterocycles. The Balaban J connectivity index is 1.60. The van der Waals surface area contributed by atoms with Crippen LogP contribution >= 0.6 is 0 Å². The minimum absolute atomic E-state index is 0.0313. The largest absolute Gasteiger partial charge is 0.389 e. The van der Waals surface area contributed by atoms with Crippen LogP contribution in [0, 0.1) is 10.8 Å². The molecule has 1 saturated carbocycles. The molecule has 1 aliphatic carbocycles. The average Bonchev–Trinajstić information content (AvgIpc) is 3.06. The molecular formula is C27H43N3O3. The zero-order chi connectivity index (χ0) is 24.5. The van der Waals surface area contributed by atoms with Gasteiger partial charge in [-0.2, -0.15) is 0 Å². The summed E-state index contributed by atoms with van der Waals surface area (Å²) in [7, 11) is 4.34. The van der Waals surface area contributed by atoms with Gasteiger partial charge < -0.3 is 15.3 Å². The molecule has 3 rings (SSSR count).